The summed E-state index contributed by atoms with van der Waals surface area (Å²) in [5.41, 5.74) is 5.93. The number of rotatable bonds is 4. The van der Waals surface area contributed by atoms with Gasteiger partial charge in [0.05, 0.1) is 10.7 Å². The number of aliphatic carboxylic acids is 1. The first-order valence-corrected chi connectivity index (χ1v) is 5.47. The molecule has 4 nitrogen and oxygen atoms in total. The van der Waals surface area contributed by atoms with E-state index >= 15 is 0 Å². The number of carboxylic acids is 1. The molecule has 3 N–H and O–H groups in total. The summed E-state index contributed by atoms with van der Waals surface area (Å²) >= 11 is 1.51. The molecule has 0 aromatic carbocycles. The molecule has 1 aromatic rings. The summed E-state index contributed by atoms with van der Waals surface area (Å²) in [5, 5.41) is 11.4. The Hall–Kier alpha value is -0.940. The second-order valence-electron chi connectivity index (χ2n) is 3.63. The van der Waals surface area contributed by atoms with Crippen LogP contribution in [0.25, 0.3) is 0 Å². The lowest BCUT2D eigenvalue weighted by Gasteiger charge is -2.00. The molecule has 1 heterocycles. The van der Waals surface area contributed by atoms with Crippen LogP contribution in [0.15, 0.2) is 5.38 Å². The molecule has 1 unspecified atom stereocenters. The highest BCUT2D eigenvalue weighted by molar-refractivity contribution is 7.09. The molecule has 0 aliphatic heterocycles. The van der Waals surface area contributed by atoms with E-state index in [4.69, 9.17) is 10.8 Å². The first-order valence-electron chi connectivity index (χ1n) is 4.59. The van der Waals surface area contributed by atoms with Crippen molar-refractivity contribution in [1.29, 1.82) is 0 Å². The summed E-state index contributed by atoms with van der Waals surface area (Å²) < 4.78 is 0. The van der Waals surface area contributed by atoms with Crippen molar-refractivity contribution in [1.82, 2.24) is 4.98 Å². The van der Waals surface area contributed by atoms with Crippen LogP contribution < -0.4 is 5.73 Å². The number of thiazole rings is 1. The predicted octanol–water partition coefficient (Wildman–Crippen LogP) is 1.18. The Kier molecular flexibility index (Phi) is 2.52. The van der Waals surface area contributed by atoms with Gasteiger partial charge in [0, 0.05) is 11.8 Å². The SMILES string of the molecule is NC(C(=O)O)c1csc(CC2CC2)n1. The molecule has 1 fully saturated rings. The molecule has 76 valence electrons. The monoisotopic (exact) mass is 212 g/mol. The van der Waals surface area contributed by atoms with Crippen LogP contribution in [0.1, 0.15) is 29.6 Å². The Labute approximate surface area is 85.8 Å². The number of hydrogen-bond donors (Lipinski definition) is 2. The number of aromatic nitrogens is 1. The van der Waals surface area contributed by atoms with Crippen LogP contribution in [-0.2, 0) is 11.2 Å². The Bertz CT molecular complexity index is 346. The topological polar surface area (TPSA) is 76.2 Å². The molecule has 0 saturated heterocycles. The lowest BCUT2D eigenvalue weighted by molar-refractivity contribution is -0.138. The average Bonchev–Trinajstić information content (AvgIpc) is 2.81. The summed E-state index contributed by atoms with van der Waals surface area (Å²) in [5.74, 6) is -0.247. The summed E-state index contributed by atoms with van der Waals surface area (Å²) in [6, 6.07) is -0.973. The van der Waals surface area contributed by atoms with Gasteiger partial charge in [-0.3, -0.25) is 4.79 Å². The smallest absolute Gasteiger partial charge is 0.326 e. The van der Waals surface area contributed by atoms with Crippen molar-refractivity contribution in [3.63, 3.8) is 0 Å². The Balaban J connectivity index is 2.04. The third-order valence-electron chi connectivity index (χ3n) is 2.31. The summed E-state index contributed by atoms with van der Waals surface area (Å²) in [6.45, 7) is 0. The fourth-order valence-corrected chi connectivity index (χ4v) is 2.20. The summed E-state index contributed by atoms with van der Waals surface area (Å²) in [4.78, 5) is 14.8. The Morgan fingerprint density at radius 2 is 2.50 bits per heavy atom. The summed E-state index contributed by atoms with van der Waals surface area (Å²) in [6.07, 6.45) is 3.54. The van der Waals surface area contributed by atoms with Crippen molar-refractivity contribution < 1.29 is 9.90 Å². The lowest BCUT2D eigenvalue weighted by atomic mass is 10.2. The third kappa shape index (κ3) is 2.10. The Morgan fingerprint density at radius 1 is 1.79 bits per heavy atom. The van der Waals surface area contributed by atoms with Crippen LogP contribution in [-0.4, -0.2) is 16.1 Å². The van der Waals surface area contributed by atoms with E-state index in [0.29, 0.717) is 5.69 Å². The van der Waals surface area contributed by atoms with Gasteiger partial charge in [-0.2, -0.15) is 0 Å². The molecule has 1 aliphatic carbocycles. The number of nitrogens with two attached hydrogens (primary N) is 1. The quantitative estimate of drug-likeness (QED) is 0.785. The molecule has 1 saturated carbocycles. The molecule has 2 rings (SSSR count). The number of carbonyl (C=O) groups is 1. The highest BCUT2D eigenvalue weighted by Crippen LogP contribution is 2.33. The number of hydrogen-bond acceptors (Lipinski definition) is 4. The minimum atomic E-state index is -1.02. The zero-order chi connectivity index (χ0) is 10.1. The second-order valence-corrected chi connectivity index (χ2v) is 4.57. The molecule has 1 atom stereocenters. The normalized spacial score (nSPS) is 18.1. The zero-order valence-corrected chi connectivity index (χ0v) is 8.46. The van der Waals surface area contributed by atoms with E-state index in [0.717, 1.165) is 17.3 Å². The number of nitrogens with zero attached hydrogens (tertiary/aromatic N) is 1. The van der Waals surface area contributed by atoms with E-state index in [1.807, 2.05) is 0 Å². The van der Waals surface area contributed by atoms with Gasteiger partial charge in [-0.15, -0.1) is 11.3 Å². The molecule has 0 bridgehead atoms. The largest absolute Gasteiger partial charge is 0.480 e. The maximum Gasteiger partial charge on any atom is 0.326 e. The summed E-state index contributed by atoms with van der Waals surface area (Å²) in [7, 11) is 0. The van der Waals surface area contributed by atoms with Gasteiger partial charge >= 0.3 is 5.97 Å². The van der Waals surface area contributed by atoms with Gasteiger partial charge < -0.3 is 10.8 Å². The van der Waals surface area contributed by atoms with Gasteiger partial charge in [-0.05, 0) is 18.8 Å². The van der Waals surface area contributed by atoms with Crippen molar-refractivity contribution >= 4 is 17.3 Å². The van der Waals surface area contributed by atoms with Crippen LogP contribution in [0.2, 0.25) is 0 Å². The van der Waals surface area contributed by atoms with Crippen molar-refractivity contribution in [3.05, 3.63) is 16.1 Å². The minimum absolute atomic E-state index is 0.484. The van der Waals surface area contributed by atoms with Crippen LogP contribution >= 0.6 is 11.3 Å². The fourth-order valence-electron chi connectivity index (χ4n) is 1.26. The highest BCUT2D eigenvalue weighted by atomic mass is 32.1. The van der Waals surface area contributed by atoms with Gasteiger partial charge in [0.1, 0.15) is 6.04 Å². The van der Waals surface area contributed by atoms with Gasteiger partial charge in [-0.1, -0.05) is 0 Å². The molecule has 1 aromatic heterocycles. The van der Waals surface area contributed by atoms with Crippen LogP contribution in [0.4, 0.5) is 0 Å². The zero-order valence-electron chi connectivity index (χ0n) is 7.64. The molecular weight excluding hydrogens is 200 g/mol. The second kappa shape index (κ2) is 3.67. The molecule has 0 spiro atoms. The van der Waals surface area contributed by atoms with E-state index < -0.39 is 12.0 Å². The van der Waals surface area contributed by atoms with Gasteiger partial charge in [-0.25, -0.2) is 4.98 Å². The van der Waals surface area contributed by atoms with Gasteiger partial charge in [0.2, 0.25) is 0 Å². The standard InChI is InChI=1S/C9H12N2O2S/c10-8(9(12)13)6-4-14-7(11-6)3-5-1-2-5/h4-5,8H,1-3,10H2,(H,12,13). The molecule has 1 aliphatic rings. The maximum absolute atomic E-state index is 10.6. The van der Waals surface area contributed by atoms with Crippen LogP contribution in [0, 0.1) is 5.92 Å². The maximum atomic E-state index is 10.6. The van der Waals surface area contributed by atoms with Crippen molar-refractivity contribution in [3.8, 4) is 0 Å². The van der Waals surface area contributed by atoms with Crippen LogP contribution in [0.3, 0.4) is 0 Å². The average molecular weight is 212 g/mol. The first-order chi connectivity index (χ1) is 6.66. The molecule has 0 amide bonds. The van der Waals surface area contributed by atoms with Crippen LogP contribution in [0.5, 0.6) is 0 Å². The molecule has 0 radical (unpaired) electrons. The lowest BCUT2D eigenvalue weighted by Crippen LogP contribution is -2.20. The van der Waals surface area contributed by atoms with E-state index in [1.165, 1.54) is 24.2 Å². The van der Waals surface area contributed by atoms with Gasteiger partial charge in [0.15, 0.2) is 0 Å². The van der Waals surface area contributed by atoms with Gasteiger partial charge in [0.25, 0.3) is 0 Å². The van der Waals surface area contributed by atoms with E-state index in [-0.39, 0.29) is 0 Å². The molecular formula is C9H12N2O2S. The van der Waals surface area contributed by atoms with Crippen molar-refractivity contribution in [2.24, 2.45) is 11.7 Å². The molecule has 14 heavy (non-hydrogen) atoms. The minimum Gasteiger partial charge on any atom is -0.480 e. The molecule has 5 heteroatoms. The van der Waals surface area contributed by atoms with E-state index in [1.54, 1.807) is 5.38 Å². The van der Waals surface area contributed by atoms with E-state index in [9.17, 15) is 4.79 Å². The Morgan fingerprint density at radius 3 is 3.07 bits per heavy atom. The number of carboxylic acid groups (broad SMARTS) is 1. The van der Waals surface area contributed by atoms with Crippen molar-refractivity contribution in [2.45, 2.75) is 25.3 Å². The van der Waals surface area contributed by atoms with Crippen molar-refractivity contribution in [2.75, 3.05) is 0 Å². The third-order valence-corrected chi connectivity index (χ3v) is 3.20. The first kappa shape index (κ1) is 9.61. The highest BCUT2D eigenvalue weighted by Gasteiger charge is 2.24. The predicted molar refractivity (Wildman–Crippen MR) is 53.1 cm³/mol. The fraction of sp³-hybridized carbons (Fsp3) is 0.556. The van der Waals surface area contributed by atoms with E-state index in [2.05, 4.69) is 4.98 Å².